The van der Waals surface area contributed by atoms with Gasteiger partial charge in [0.1, 0.15) is 17.6 Å². The lowest BCUT2D eigenvalue weighted by Gasteiger charge is -2.29. The molecule has 0 unspecified atom stereocenters. The molecule has 1 aromatic heterocycles. The molecule has 1 N–H and O–H groups in total. The van der Waals surface area contributed by atoms with Crippen LogP contribution in [0.3, 0.4) is 0 Å². The highest BCUT2D eigenvalue weighted by molar-refractivity contribution is 5.94. The fraction of sp³-hybridized carbons (Fsp3) is 0.350. The van der Waals surface area contributed by atoms with E-state index in [2.05, 4.69) is 15.2 Å². The van der Waals surface area contributed by atoms with Crippen molar-refractivity contribution in [2.24, 2.45) is 0 Å². The molecule has 2 heterocycles. The van der Waals surface area contributed by atoms with Gasteiger partial charge in [-0.25, -0.2) is 4.98 Å². The molecule has 0 aliphatic carbocycles. The van der Waals surface area contributed by atoms with Crippen LogP contribution in [0.2, 0.25) is 0 Å². The molecule has 1 aliphatic rings. The molecule has 1 aromatic carbocycles. The first-order chi connectivity index (χ1) is 13.2. The van der Waals surface area contributed by atoms with E-state index in [-0.39, 0.29) is 12.5 Å². The first-order valence-electron chi connectivity index (χ1n) is 9.04. The number of hydrogen-bond acceptors (Lipinski definition) is 6. The number of nitrogens with one attached hydrogen (secondary N) is 1. The number of pyridine rings is 1. The van der Waals surface area contributed by atoms with Crippen molar-refractivity contribution in [1.82, 2.24) is 4.98 Å². The van der Waals surface area contributed by atoms with Gasteiger partial charge >= 0.3 is 0 Å². The Balaban J connectivity index is 1.59. The van der Waals surface area contributed by atoms with Crippen LogP contribution in [0.15, 0.2) is 42.5 Å². The van der Waals surface area contributed by atoms with Crippen molar-refractivity contribution in [3.05, 3.63) is 48.2 Å². The maximum atomic E-state index is 12.4. The molecule has 0 saturated carbocycles. The smallest absolute Gasteiger partial charge is 0.243 e. The number of amides is 1. The number of rotatable bonds is 6. The number of ether oxygens (including phenoxy) is 1. The zero-order chi connectivity index (χ0) is 19.1. The lowest BCUT2D eigenvalue weighted by Crippen LogP contribution is -2.36. The molecule has 0 bridgehead atoms. The SMILES string of the molecule is CCN(CC(=O)Nc1ccc(N2CCOCC2)cc1)c1cccc(C#N)n1. The summed E-state index contributed by atoms with van der Waals surface area (Å²) in [6, 6.07) is 15.1. The van der Waals surface area contributed by atoms with E-state index < -0.39 is 0 Å². The van der Waals surface area contributed by atoms with E-state index in [0.29, 0.717) is 18.1 Å². The molecule has 1 fully saturated rings. The van der Waals surface area contributed by atoms with Crippen LogP contribution in [0.25, 0.3) is 0 Å². The van der Waals surface area contributed by atoms with Crippen molar-refractivity contribution >= 4 is 23.1 Å². The summed E-state index contributed by atoms with van der Waals surface area (Å²) in [7, 11) is 0. The fourth-order valence-electron chi connectivity index (χ4n) is 2.97. The Morgan fingerprint density at radius 3 is 2.67 bits per heavy atom. The van der Waals surface area contributed by atoms with E-state index in [1.54, 1.807) is 18.2 Å². The Hall–Kier alpha value is -3.11. The predicted molar refractivity (Wildman–Crippen MR) is 105 cm³/mol. The Labute approximate surface area is 159 Å². The number of nitrogens with zero attached hydrogens (tertiary/aromatic N) is 4. The summed E-state index contributed by atoms with van der Waals surface area (Å²) in [5.74, 6) is 0.495. The van der Waals surface area contributed by atoms with E-state index in [9.17, 15) is 4.79 Å². The molecule has 1 aliphatic heterocycles. The number of hydrogen-bond donors (Lipinski definition) is 1. The molecule has 7 heteroatoms. The van der Waals surface area contributed by atoms with E-state index in [1.165, 1.54) is 0 Å². The molecule has 27 heavy (non-hydrogen) atoms. The van der Waals surface area contributed by atoms with Crippen molar-refractivity contribution in [2.75, 3.05) is 54.5 Å². The van der Waals surface area contributed by atoms with Gasteiger partial charge in [-0.05, 0) is 43.3 Å². The third kappa shape index (κ3) is 4.96. The average Bonchev–Trinajstić information content (AvgIpc) is 2.73. The van der Waals surface area contributed by atoms with Gasteiger partial charge in [0.2, 0.25) is 5.91 Å². The number of carbonyl (C=O) groups is 1. The minimum absolute atomic E-state index is 0.125. The number of morpholine rings is 1. The minimum atomic E-state index is -0.125. The van der Waals surface area contributed by atoms with Crippen molar-refractivity contribution in [1.29, 1.82) is 5.26 Å². The van der Waals surface area contributed by atoms with Gasteiger partial charge in [-0.15, -0.1) is 0 Å². The number of benzene rings is 1. The van der Waals surface area contributed by atoms with E-state index in [4.69, 9.17) is 10.00 Å². The van der Waals surface area contributed by atoms with Crippen LogP contribution < -0.4 is 15.1 Å². The Morgan fingerprint density at radius 2 is 2.00 bits per heavy atom. The third-order valence-electron chi connectivity index (χ3n) is 4.42. The van der Waals surface area contributed by atoms with Gasteiger partial charge in [-0.1, -0.05) is 6.07 Å². The summed E-state index contributed by atoms with van der Waals surface area (Å²) in [6.07, 6.45) is 0. The Morgan fingerprint density at radius 1 is 1.26 bits per heavy atom. The van der Waals surface area contributed by atoms with Gasteiger partial charge in [0.15, 0.2) is 0 Å². The van der Waals surface area contributed by atoms with Crippen molar-refractivity contribution in [3.63, 3.8) is 0 Å². The number of likely N-dealkylation sites (N-methyl/N-ethyl adjacent to an activating group) is 1. The standard InChI is InChI=1S/C20H23N5O2/c1-2-24(19-5-3-4-17(14-21)22-19)15-20(26)23-16-6-8-18(9-7-16)25-10-12-27-13-11-25/h3-9H,2,10-13,15H2,1H3,(H,23,26). The van der Waals surface area contributed by atoms with Gasteiger partial charge in [0.05, 0.1) is 19.8 Å². The molecule has 2 aromatic rings. The van der Waals surface area contributed by atoms with Crippen molar-refractivity contribution < 1.29 is 9.53 Å². The van der Waals surface area contributed by atoms with Crippen LogP contribution in [-0.4, -0.2) is 50.3 Å². The molecule has 3 rings (SSSR count). The summed E-state index contributed by atoms with van der Waals surface area (Å²) in [5.41, 5.74) is 2.22. The summed E-state index contributed by atoms with van der Waals surface area (Å²) >= 11 is 0. The van der Waals surface area contributed by atoms with Crippen LogP contribution >= 0.6 is 0 Å². The highest BCUT2D eigenvalue weighted by Crippen LogP contribution is 2.19. The molecule has 0 spiro atoms. The maximum Gasteiger partial charge on any atom is 0.243 e. The molecule has 1 amide bonds. The number of nitriles is 1. The second-order valence-corrected chi connectivity index (χ2v) is 6.20. The lowest BCUT2D eigenvalue weighted by molar-refractivity contribution is -0.115. The van der Waals surface area contributed by atoms with Crippen LogP contribution in [-0.2, 0) is 9.53 Å². The summed E-state index contributed by atoms with van der Waals surface area (Å²) in [4.78, 5) is 20.8. The van der Waals surface area contributed by atoms with E-state index >= 15 is 0 Å². The van der Waals surface area contributed by atoms with Gasteiger partial charge in [0.25, 0.3) is 0 Å². The van der Waals surface area contributed by atoms with Crippen LogP contribution in [0.4, 0.5) is 17.2 Å². The molecular formula is C20H23N5O2. The Bertz CT molecular complexity index is 810. The summed E-state index contributed by atoms with van der Waals surface area (Å²) < 4.78 is 5.37. The number of aromatic nitrogens is 1. The lowest BCUT2D eigenvalue weighted by atomic mass is 10.2. The van der Waals surface area contributed by atoms with Gasteiger partial charge in [-0.2, -0.15) is 5.26 Å². The monoisotopic (exact) mass is 365 g/mol. The highest BCUT2D eigenvalue weighted by atomic mass is 16.5. The third-order valence-corrected chi connectivity index (χ3v) is 4.42. The average molecular weight is 365 g/mol. The highest BCUT2D eigenvalue weighted by Gasteiger charge is 2.13. The van der Waals surface area contributed by atoms with Crippen molar-refractivity contribution in [2.45, 2.75) is 6.92 Å². The number of carbonyl (C=O) groups excluding carboxylic acids is 1. The van der Waals surface area contributed by atoms with Crippen LogP contribution in [0.5, 0.6) is 0 Å². The van der Waals surface area contributed by atoms with E-state index in [0.717, 1.165) is 37.7 Å². The van der Waals surface area contributed by atoms with Crippen LogP contribution in [0, 0.1) is 11.3 Å². The van der Waals surface area contributed by atoms with E-state index in [1.807, 2.05) is 42.2 Å². The zero-order valence-electron chi connectivity index (χ0n) is 15.4. The largest absolute Gasteiger partial charge is 0.378 e. The molecule has 7 nitrogen and oxygen atoms in total. The molecule has 0 radical (unpaired) electrons. The molecule has 1 saturated heterocycles. The van der Waals surface area contributed by atoms with Gasteiger partial charge in [0, 0.05) is 31.0 Å². The first-order valence-corrected chi connectivity index (χ1v) is 9.04. The number of anilines is 3. The second kappa shape index (κ2) is 9.01. The minimum Gasteiger partial charge on any atom is -0.378 e. The Kier molecular flexibility index (Phi) is 6.23. The quantitative estimate of drug-likeness (QED) is 0.846. The molecule has 140 valence electrons. The summed E-state index contributed by atoms with van der Waals surface area (Å²) in [5, 5.41) is 11.9. The topological polar surface area (TPSA) is 81.5 Å². The summed E-state index contributed by atoms with van der Waals surface area (Å²) in [6.45, 7) is 5.98. The first kappa shape index (κ1) is 18.7. The van der Waals surface area contributed by atoms with Gasteiger partial charge < -0.3 is 19.9 Å². The predicted octanol–water partition coefficient (Wildman–Crippen LogP) is 2.25. The molecular weight excluding hydrogens is 342 g/mol. The molecule has 0 atom stereocenters. The maximum absolute atomic E-state index is 12.4. The van der Waals surface area contributed by atoms with Gasteiger partial charge in [-0.3, -0.25) is 4.79 Å². The second-order valence-electron chi connectivity index (χ2n) is 6.20. The fourth-order valence-corrected chi connectivity index (χ4v) is 2.97. The van der Waals surface area contributed by atoms with Crippen LogP contribution in [0.1, 0.15) is 12.6 Å². The van der Waals surface area contributed by atoms with Crippen molar-refractivity contribution in [3.8, 4) is 6.07 Å². The normalized spacial score (nSPS) is 13.7. The zero-order valence-corrected chi connectivity index (χ0v) is 15.4.